The molecule has 0 saturated heterocycles. The molecule has 0 aliphatic carbocycles. The molecule has 1 aromatic carbocycles. The Morgan fingerprint density at radius 1 is 1.43 bits per heavy atom. The van der Waals surface area contributed by atoms with Crippen molar-refractivity contribution in [3.8, 4) is 5.75 Å². The summed E-state index contributed by atoms with van der Waals surface area (Å²) >= 11 is 1.59. The number of benzene rings is 1. The molecular formula is C10H9NO2S. The number of carbonyl (C=O) groups is 1. The average molecular weight is 207 g/mol. The number of amides is 1. The molecule has 0 saturated carbocycles. The van der Waals surface area contributed by atoms with E-state index in [1.807, 2.05) is 29.6 Å². The van der Waals surface area contributed by atoms with E-state index in [1.54, 1.807) is 11.3 Å². The van der Waals surface area contributed by atoms with E-state index >= 15 is 0 Å². The molecule has 0 bridgehead atoms. The van der Waals surface area contributed by atoms with Gasteiger partial charge in [-0.2, -0.15) is 0 Å². The van der Waals surface area contributed by atoms with Crippen molar-refractivity contribution in [1.82, 2.24) is 0 Å². The van der Waals surface area contributed by atoms with E-state index in [0.717, 1.165) is 15.8 Å². The number of thiophene rings is 1. The van der Waals surface area contributed by atoms with Crippen LogP contribution in [0.15, 0.2) is 29.6 Å². The zero-order chi connectivity index (χ0) is 9.97. The predicted octanol–water partition coefficient (Wildman–Crippen LogP) is 1.77. The highest BCUT2D eigenvalue weighted by Gasteiger charge is 2.04. The second kappa shape index (κ2) is 3.67. The minimum Gasteiger partial charge on any atom is -0.482 e. The summed E-state index contributed by atoms with van der Waals surface area (Å²) in [6.45, 7) is -0.0687. The molecule has 1 aromatic heterocycles. The van der Waals surface area contributed by atoms with Gasteiger partial charge in [-0.05, 0) is 12.1 Å². The van der Waals surface area contributed by atoms with Gasteiger partial charge in [0.2, 0.25) is 0 Å². The monoisotopic (exact) mass is 207 g/mol. The van der Waals surface area contributed by atoms with Crippen LogP contribution in [0.4, 0.5) is 0 Å². The maximum atomic E-state index is 10.5. The van der Waals surface area contributed by atoms with Gasteiger partial charge in [0.15, 0.2) is 6.61 Å². The first-order valence-corrected chi connectivity index (χ1v) is 5.02. The maximum absolute atomic E-state index is 10.5. The van der Waals surface area contributed by atoms with Crippen LogP contribution in [-0.4, -0.2) is 12.5 Å². The average Bonchev–Trinajstić information content (AvgIpc) is 2.58. The first-order chi connectivity index (χ1) is 6.77. The van der Waals surface area contributed by atoms with Gasteiger partial charge in [0, 0.05) is 15.5 Å². The molecule has 0 atom stereocenters. The summed E-state index contributed by atoms with van der Waals surface area (Å²) in [4.78, 5) is 10.5. The summed E-state index contributed by atoms with van der Waals surface area (Å²) in [6.07, 6.45) is 0. The van der Waals surface area contributed by atoms with Crippen molar-refractivity contribution < 1.29 is 9.53 Å². The number of rotatable bonds is 3. The van der Waals surface area contributed by atoms with Crippen LogP contribution >= 0.6 is 11.3 Å². The maximum Gasteiger partial charge on any atom is 0.255 e. The fourth-order valence-corrected chi connectivity index (χ4v) is 2.10. The van der Waals surface area contributed by atoms with Crippen LogP contribution in [0.5, 0.6) is 5.75 Å². The molecule has 3 nitrogen and oxygen atoms in total. The topological polar surface area (TPSA) is 52.3 Å². The normalized spacial score (nSPS) is 10.3. The molecule has 72 valence electrons. The zero-order valence-corrected chi connectivity index (χ0v) is 8.21. The number of primary amides is 1. The van der Waals surface area contributed by atoms with Crippen LogP contribution in [-0.2, 0) is 4.79 Å². The number of nitrogens with two attached hydrogens (primary N) is 1. The molecule has 0 unspecified atom stereocenters. The molecule has 4 heteroatoms. The molecule has 0 spiro atoms. The molecule has 1 amide bonds. The van der Waals surface area contributed by atoms with Crippen LogP contribution in [0.1, 0.15) is 0 Å². The number of carbonyl (C=O) groups excluding carboxylic acids is 1. The standard InChI is InChI=1S/C10H9NO2S/c11-10(12)5-13-8-6-14-9-4-2-1-3-7(8)9/h1-4,6H,5H2,(H2,11,12). The molecule has 14 heavy (non-hydrogen) atoms. The molecule has 1 heterocycles. The van der Waals surface area contributed by atoms with Gasteiger partial charge in [-0.3, -0.25) is 4.79 Å². The van der Waals surface area contributed by atoms with Crippen molar-refractivity contribution in [3.05, 3.63) is 29.6 Å². The third kappa shape index (κ3) is 1.70. The van der Waals surface area contributed by atoms with E-state index in [0.29, 0.717) is 0 Å². The van der Waals surface area contributed by atoms with Crippen molar-refractivity contribution in [1.29, 1.82) is 0 Å². The molecule has 2 rings (SSSR count). The van der Waals surface area contributed by atoms with Crippen molar-refractivity contribution in [2.75, 3.05) is 6.61 Å². The first kappa shape index (κ1) is 9.02. The van der Waals surface area contributed by atoms with Crippen LogP contribution in [0.2, 0.25) is 0 Å². The Labute approximate surface area is 85.1 Å². The van der Waals surface area contributed by atoms with Crippen molar-refractivity contribution in [3.63, 3.8) is 0 Å². The summed E-state index contributed by atoms with van der Waals surface area (Å²) in [5.74, 6) is 0.268. The Morgan fingerprint density at radius 3 is 3.00 bits per heavy atom. The van der Waals surface area contributed by atoms with Gasteiger partial charge in [0.25, 0.3) is 5.91 Å². The molecule has 0 radical (unpaired) electrons. The second-order valence-corrected chi connectivity index (χ2v) is 3.76. The van der Waals surface area contributed by atoms with E-state index in [9.17, 15) is 4.79 Å². The van der Waals surface area contributed by atoms with Gasteiger partial charge in [0.1, 0.15) is 5.75 Å². The molecule has 2 N–H and O–H groups in total. The van der Waals surface area contributed by atoms with Crippen molar-refractivity contribution >= 4 is 27.3 Å². The number of ether oxygens (including phenoxy) is 1. The summed E-state index contributed by atoms with van der Waals surface area (Å²) in [5.41, 5.74) is 4.99. The van der Waals surface area contributed by atoms with Crippen LogP contribution in [0, 0.1) is 0 Å². The minimum atomic E-state index is -0.458. The minimum absolute atomic E-state index is 0.0687. The van der Waals surface area contributed by atoms with Gasteiger partial charge in [0.05, 0.1) is 0 Å². The number of fused-ring (bicyclic) bond motifs is 1. The molecule has 0 fully saturated rings. The van der Waals surface area contributed by atoms with Gasteiger partial charge in [-0.1, -0.05) is 12.1 Å². The fourth-order valence-electron chi connectivity index (χ4n) is 1.21. The van der Waals surface area contributed by atoms with E-state index in [1.165, 1.54) is 0 Å². The molecular weight excluding hydrogens is 198 g/mol. The van der Waals surface area contributed by atoms with E-state index in [2.05, 4.69) is 0 Å². The molecule has 0 aliphatic heterocycles. The zero-order valence-electron chi connectivity index (χ0n) is 7.40. The Kier molecular flexibility index (Phi) is 2.37. The van der Waals surface area contributed by atoms with Gasteiger partial charge in [-0.25, -0.2) is 0 Å². The fraction of sp³-hybridized carbons (Fsp3) is 0.100. The molecule has 0 aliphatic rings. The lowest BCUT2D eigenvalue weighted by Crippen LogP contribution is -2.19. The van der Waals surface area contributed by atoms with Gasteiger partial charge >= 0.3 is 0 Å². The Hall–Kier alpha value is -1.55. The first-order valence-electron chi connectivity index (χ1n) is 4.15. The van der Waals surface area contributed by atoms with Gasteiger partial charge in [-0.15, -0.1) is 11.3 Å². The third-order valence-corrected chi connectivity index (χ3v) is 2.76. The quantitative estimate of drug-likeness (QED) is 0.833. The predicted molar refractivity (Wildman–Crippen MR) is 56.5 cm³/mol. The third-order valence-electron chi connectivity index (χ3n) is 1.82. The number of hydrogen-bond donors (Lipinski definition) is 1. The van der Waals surface area contributed by atoms with Crippen LogP contribution in [0.25, 0.3) is 10.1 Å². The van der Waals surface area contributed by atoms with E-state index in [4.69, 9.17) is 10.5 Å². The number of hydrogen-bond acceptors (Lipinski definition) is 3. The Morgan fingerprint density at radius 2 is 2.21 bits per heavy atom. The van der Waals surface area contributed by atoms with Crippen LogP contribution < -0.4 is 10.5 Å². The SMILES string of the molecule is NC(=O)COc1csc2ccccc12. The highest BCUT2D eigenvalue weighted by molar-refractivity contribution is 7.17. The second-order valence-electron chi connectivity index (χ2n) is 2.85. The highest BCUT2D eigenvalue weighted by atomic mass is 32.1. The lowest BCUT2D eigenvalue weighted by Gasteiger charge is -2.00. The Bertz CT molecular complexity index is 464. The lowest BCUT2D eigenvalue weighted by atomic mass is 10.2. The van der Waals surface area contributed by atoms with E-state index < -0.39 is 5.91 Å². The molecule has 2 aromatic rings. The summed E-state index contributed by atoms with van der Waals surface area (Å²) in [7, 11) is 0. The summed E-state index contributed by atoms with van der Waals surface area (Å²) in [5, 5.41) is 2.91. The van der Waals surface area contributed by atoms with E-state index in [-0.39, 0.29) is 6.61 Å². The summed E-state index contributed by atoms with van der Waals surface area (Å²) in [6, 6.07) is 7.88. The highest BCUT2D eigenvalue weighted by Crippen LogP contribution is 2.31. The smallest absolute Gasteiger partial charge is 0.255 e. The van der Waals surface area contributed by atoms with Gasteiger partial charge < -0.3 is 10.5 Å². The van der Waals surface area contributed by atoms with Crippen molar-refractivity contribution in [2.24, 2.45) is 5.73 Å². The summed E-state index contributed by atoms with van der Waals surface area (Å²) < 4.78 is 6.40. The lowest BCUT2D eigenvalue weighted by molar-refractivity contribution is -0.119. The Balaban J connectivity index is 2.29. The largest absolute Gasteiger partial charge is 0.482 e. The van der Waals surface area contributed by atoms with Crippen LogP contribution in [0.3, 0.4) is 0 Å². The van der Waals surface area contributed by atoms with Crippen molar-refractivity contribution in [2.45, 2.75) is 0 Å².